The van der Waals surface area contributed by atoms with Gasteiger partial charge in [0.1, 0.15) is 5.69 Å². The Balaban J connectivity index is 1.78. The van der Waals surface area contributed by atoms with Crippen LogP contribution in [-0.2, 0) is 0 Å². The first kappa shape index (κ1) is 17.1. The zero-order valence-corrected chi connectivity index (χ0v) is 15.4. The molecule has 0 aliphatic carbocycles. The van der Waals surface area contributed by atoms with Crippen LogP contribution in [0.15, 0.2) is 66.7 Å². The average Bonchev–Trinajstić information content (AvgIpc) is 3.11. The van der Waals surface area contributed by atoms with Gasteiger partial charge in [-0.05, 0) is 24.6 Å². The van der Waals surface area contributed by atoms with Gasteiger partial charge in [0.15, 0.2) is 5.92 Å². The highest BCUT2D eigenvalue weighted by Crippen LogP contribution is 2.33. The Morgan fingerprint density at radius 3 is 2.52 bits per heavy atom. The molecule has 27 heavy (non-hydrogen) atoms. The molecule has 2 aromatic carbocycles. The number of benzene rings is 2. The number of nitrogens with zero attached hydrogens (tertiary/aromatic N) is 3. The van der Waals surface area contributed by atoms with Gasteiger partial charge in [0.2, 0.25) is 5.78 Å². The van der Waals surface area contributed by atoms with Crippen molar-refractivity contribution in [3.63, 3.8) is 0 Å². The number of fused-ring (bicyclic) bond motifs is 1. The number of thiazole rings is 1. The first-order valence-corrected chi connectivity index (χ1v) is 9.31. The summed E-state index contributed by atoms with van der Waals surface area (Å²) in [5.74, 6) is -1.30. The SMILES string of the molecule is Cc1nc(C(=O)[C@@H](C#N)c2ccc3ccccc3n2)c(-c2ccccc2)s1. The van der Waals surface area contributed by atoms with Crippen molar-refractivity contribution in [3.05, 3.63) is 83.1 Å². The molecule has 0 aliphatic rings. The minimum absolute atomic E-state index is 0.316. The Morgan fingerprint density at radius 2 is 1.74 bits per heavy atom. The van der Waals surface area contributed by atoms with Crippen molar-refractivity contribution in [2.75, 3.05) is 0 Å². The number of aromatic nitrogens is 2. The number of carbonyl (C=O) groups is 1. The Morgan fingerprint density at radius 1 is 1.00 bits per heavy atom. The number of rotatable bonds is 4. The number of Topliss-reactive ketones (excluding diaryl/α,β-unsaturated/α-hetero) is 1. The van der Waals surface area contributed by atoms with Crippen LogP contribution in [0.5, 0.6) is 0 Å². The van der Waals surface area contributed by atoms with Crippen molar-refractivity contribution in [1.82, 2.24) is 9.97 Å². The fraction of sp³-hybridized carbons (Fsp3) is 0.0909. The van der Waals surface area contributed by atoms with Crippen LogP contribution in [0.4, 0.5) is 0 Å². The van der Waals surface area contributed by atoms with Gasteiger partial charge >= 0.3 is 0 Å². The number of nitriles is 1. The van der Waals surface area contributed by atoms with Gasteiger partial charge in [0.25, 0.3) is 0 Å². The third-order valence-electron chi connectivity index (χ3n) is 4.31. The van der Waals surface area contributed by atoms with Crippen LogP contribution in [0.25, 0.3) is 21.3 Å². The van der Waals surface area contributed by atoms with E-state index in [1.807, 2.05) is 67.6 Å². The summed E-state index contributed by atoms with van der Waals surface area (Å²) in [6, 6.07) is 23.1. The lowest BCUT2D eigenvalue weighted by atomic mass is 9.96. The molecule has 1 atom stereocenters. The Bertz CT molecular complexity index is 1180. The van der Waals surface area contributed by atoms with Crippen LogP contribution in [0, 0.1) is 18.3 Å². The molecule has 4 nitrogen and oxygen atoms in total. The monoisotopic (exact) mass is 369 g/mol. The van der Waals surface area contributed by atoms with E-state index in [1.54, 1.807) is 6.07 Å². The smallest absolute Gasteiger partial charge is 0.205 e. The second kappa shape index (κ2) is 7.10. The van der Waals surface area contributed by atoms with Crippen molar-refractivity contribution in [1.29, 1.82) is 5.26 Å². The van der Waals surface area contributed by atoms with E-state index in [0.29, 0.717) is 11.4 Å². The van der Waals surface area contributed by atoms with E-state index in [4.69, 9.17) is 0 Å². The molecule has 0 spiro atoms. The predicted molar refractivity (Wildman–Crippen MR) is 107 cm³/mol. The summed E-state index contributed by atoms with van der Waals surface area (Å²) in [4.78, 5) is 23.0. The Labute approximate surface area is 160 Å². The number of aryl methyl sites for hydroxylation is 1. The van der Waals surface area contributed by atoms with Crippen LogP contribution in [0.3, 0.4) is 0 Å². The molecule has 0 bridgehead atoms. The predicted octanol–water partition coefficient (Wildman–Crippen LogP) is 5.16. The summed E-state index contributed by atoms with van der Waals surface area (Å²) >= 11 is 1.46. The van der Waals surface area contributed by atoms with E-state index in [2.05, 4.69) is 16.0 Å². The summed E-state index contributed by atoms with van der Waals surface area (Å²) < 4.78 is 0. The summed E-state index contributed by atoms with van der Waals surface area (Å²) in [5, 5.41) is 11.5. The maximum Gasteiger partial charge on any atom is 0.205 e. The van der Waals surface area contributed by atoms with Crippen LogP contribution >= 0.6 is 11.3 Å². The van der Waals surface area contributed by atoms with Crippen LogP contribution < -0.4 is 0 Å². The first-order valence-electron chi connectivity index (χ1n) is 8.50. The molecule has 0 amide bonds. The van der Waals surface area contributed by atoms with Crippen molar-refractivity contribution in [2.24, 2.45) is 0 Å². The highest BCUT2D eigenvalue weighted by atomic mass is 32.1. The highest BCUT2D eigenvalue weighted by molar-refractivity contribution is 7.15. The molecule has 4 aromatic rings. The molecule has 4 rings (SSSR count). The molecule has 0 saturated carbocycles. The standard InChI is InChI=1S/C22H15N3OS/c1-14-24-20(22(27-14)16-8-3-2-4-9-16)21(26)17(13-23)19-12-11-15-7-5-6-10-18(15)25-19/h2-12,17H,1H3/t17-/m0/s1. The summed E-state index contributed by atoms with van der Waals surface area (Å²) in [7, 11) is 0. The van der Waals surface area contributed by atoms with Gasteiger partial charge in [-0.3, -0.25) is 9.78 Å². The molecule has 0 unspecified atom stereocenters. The lowest BCUT2D eigenvalue weighted by molar-refractivity contribution is 0.0974. The molecular formula is C22H15N3OS. The van der Waals surface area contributed by atoms with Crippen molar-refractivity contribution >= 4 is 28.0 Å². The fourth-order valence-corrected chi connectivity index (χ4v) is 3.95. The minimum Gasteiger partial charge on any atom is -0.290 e. The Hall–Kier alpha value is -3.36. The molecule has 5 heteroatoms. The van der Waals surface area contributed by atoms with Gasteiger partial charge in [-0.1, -0.05) is 54.6 Å². The number of para-hydroxylation sites is 1. The molecule has 0 radical (unpaired) electrons. The molecule has 2 heterocycles. The molecule has 0 aliphatic heterocycles. The second-order valence-electron chi connectivity index (χ2n) is 6.13. The maximum absolute atomic E-state index is 13.2. The fourth-order valence-electron chi connectivity index (χ4n) is 3.02. The van der Waals surface area contributed by atoms with E-state index in [0.717, 1.165) is 26.4 Å². The molecule has 0 fully saturated rings. The molecule has 0 N–H and O–H groups in total. The minimum atomic E-state index is -0.987. The van der Waals surface area contributed by atoms with E-state index in [-0.39, 0.29) is 5.78 Å². The topological polar surface area (TPSA) is 66.6 Å². The number of pyridine rings is 1. The highest BCUT2D eigenvalue weighted by Gasteiger charge is 2.28. The van der Waals surface area contributed by atoms with Gasteiger partial charge in [-0.15, -0.1) is 11.3 Å². The van der Waals surface area contributed by atoms with Gasteiger partial charge < -0.3 is 0 Å². The van der Waals surface area contributed by atoms with Crippen LogP contribution in [0.2, 0.25) is 0 Å². The second-order valence-corrected chi connectivity index (χ2v) is 7.34. The number of hydrogen-bond acceptors (Lipinski definition) is 5. The van der Waals surface area contributed by atoms with Gasteiger partial charge in [-0.25, -0.2) is 4.98 Å². The van der Waals surface area contributed by atoms with Crippen molar-refractivity contribution in [3.8, 4) is 16.5 Å². The first-order chi connectivity index (χ1) is 13.2. The van der Waals surface area contributed by atoms with Gasteiger partial charge in [0.05, 0.1) is 27.2 Å². The Kier molecular flexibility index (Phi) is 4.49. The van der Waals surface area contributed by atoms with Crippen LogP contribution in [0.1, 0.15) is 27.1 Å². The molecule has 2 aromatic heterocycles. The van der Waals surface area contributed by atoms with Gasteiger partial charge in [0, 0.05) is 5.39 Å². The van der Waals surface area contributed by atoms with Crippen molar-refractivity contribution < 1.29 is 4.79 Å². The zero-order chi connectivity index (χ0) is 18.8. The maximum atomic E-state index is 13.2. The quantitative estimate of drug-likeness (QED) is 0.466. The normalized spacial score (nSPS) is 11.9. The van der Waals surface area contributed by atoms with E-state index in [1.165, 1.54) is 11.3 Å². The zero-order valence-electron chi connectivity index (χ0n) is 14.6. The van der Waals surface area contributed by atoms with Gasteiger partial charge in [-0.2, -0.15) is 5.26 Å². The largest absolute Gasteiger partial charge is 0.290 e. The van der Waals surface area contributed by atoms with E-state index >= 15 is 0 Å². The molecule has 130 valence electrons. The summed E-state index contributed by atoms with van der Waals surface area (Å²) in [6.45, 7) is 1.86. The number of ketones is 1. The average molecular weight is 369 g/mol. The van der Waals surface area contributed by atoms with E-state index < -0.39 is 5.92 Å². The lowest BCUT2D eigenvalue weighted by Crippen LogP contribution is -2.14. The number of hydrogen-bond donors (Lipinski definition) is 0. The molecular weight excluding hydrogens is 354 g/mol. The summed E-state index contributed by atoms with van der Waals surface area (Å²) in [6.07, 6.45) is 0. The van der Waals surface area contributed by atoms with E-state index in [9.17, 15) is 10.1 Å². The van der Waals surface area contributed by atoms with Crippen molar-refractivity contribution in [2.45, 2.75) is 12.8 Å². The summed E-state index contributed by atoms with van der Waals surface area (Å²) in [5.41, 5.74) is 2.48. The lowest BCUT2D eigenvalue weighted by Gasteiger charge is -2.09. The van der Waals surface area contributed by atoms with Crippen LogP contribution in [-0.4, -0.2) is 15.8 Å². The third-order valence-corrected chi connectivity index (χ3v) is 5.33. The number of carbonyl (C=O) groups excluding carboxylic acids is 1. The third kappa shape index (κ3) is 3.23. The molecule has 0 saturated heterocycles.